The molecule has 0 bridgehead atoms. The Morgan fingerprint density at radius 2 is 2.14 bits per heavy atom. The minimum atomic E-state index is -4.41. The Balaban J connectivity index is 1.70. The number of halogens is 3. The van der Waals surface area contributed by atoms with Crippen molar-refractivity contribution in [3.05, 3.63) is 21.9 Å². The van der Waals surface area contributed by atoms with Crippen LogP contribution in [0.2, 0.25) is 0 Å². The average molecular weight is 336 g/mol. The summed E-state index contributed by atoms with van der Waals surface area (Å²) in [6, 6.07) is 0.298. The van der Waals surface area contributed by atoms with Crippen molar-refractivity contribution >= 4 is 23.1 Å². The lowest BCUT2D eigenvalue weighted by atomic mass is 10.5. The van der Waals surface area contributed by atoms with E-state index in [4.69, 9.17) is 0 Å². The molecule has 0 saturated heterocycles. The van der Waals surface area contributed by atoms with E-state index in [1.54, 1.807) is 0 Å². The topological polar surface area (TPSA) is 63.8 Å². The van der Waals surface area contributed by atoms with Crippen LogP contribution < -0.4 is 0 Å². The fourth-order valence-corrected chi connectivity index (χ4v) is 3.69. The molecule has 1 aliphatic carbocycles. The van der Waals surface area contributed by atoms with Crippen molar-refractivity contribution < 1.29 is 18.3 Å². The van der Waals surface area contributed by atoms with Gasteiger partial charge in [0.1, 0.15) is 11.6 Å². The number of aliphatic hydroxyl groups is 1. The van der Waals surface area contributed by atoms with Gasteiger partial charge in [0.2, 0.25) is 0 Å². The average Bonchev–Trinajstić information content (AvgIpc) is 3.01. The Hall–Kier alpha value is -1.13. The van der Waals surface area contributed by atoms with Gasteiger partial charge in [0.15, 0.2) is 16.7 Å². The van der Waals surface area contributed by atoms with Gasteiger partial charge in [-0.15, -0.1) is 21.5 Å². The molecule has 0 atom stereocenters. The van der Waals surface area contributed by atoms with Crippen LogP contribution in [0, 0.1) is 0 Å². The molecule has 0 amide bonds. The molecule has 0 spiro atoms. The maximum absolute atomic E-state index is 12.5. The van der Waals surface area contributed by atoms with E-state index in [-0.39, 0.29) is 6.61 Å². The Morgan fingerprint density at radius 3 is 2.71 bits per heavy atom. The van der Waals surface area contributed by atoms with Crippen LogP contribution in [0.1, 0.15) is 35.4 Å². The van der Waals surface area contributed by atoms with Gasteiger partial charge < -0.3 is 9.67 Å². The molecule has 3 rings (SSSR count). The third-order valence-electron chi connectivity index (χ3n) is 2.96. The maximum Gasteiger partial charge on any atom is 0.434 e. The molecule has 1 N–H and O–H groups in total. The molecular formula is C11H11F3N4OS2. The lowest BCUT2D eigenvalue weighted by Crippen LogP contribution is -2.05. The van der Waals surface area contributed by atoms with Gasteiger partial charge in [0, 0.05) is 11.4 Å². The van der Waals surface area contributed by atoms with E-state index < -0.39 is 11.9 Å². The molecule has 0 aromatic carbocycles. The molecule has 2 aromatic heterocycles. The highest BCUT2D eigenvalue weighted by molar-refractivity contribution is 7.98. The van der Waals surface area contributed by atoms with Crippen LogP contribution in [-0.2, 0) is 18.5 Å². The number of aromatic nitrogens is 4. The summed E-state index contributed by atoms with van der Waals surface area (Å²) in [6.07, 6.45) is -2.39. The van der Waals surface area contributed by atoms with Gasteiger partial charge in [-0.05, 0) is 12.8 Å². The Kier molecular flexibility index (Phi) is 3.93. The molecule has 1 aliphatic rings. The van der Waals surface area contributed by atoms with Gasteiger partial charge in [0.25, 0.3) is 0 Å². The van der Waals surface area contributed by atoms with Crippen molar-refractivity contribution in [3.8, 4) is 0 Å². The lowest BCUT2D eigenvalue weighted by Gasteiger charge is -2.06. The SMILES string of the molecule is OCc1nnc(SCc2nc(C(F)(F)F)cs2)n1C1CC1. The molecule has 10 heteroatoms. The van der Waals surface area contributed by atoms with Crippen molar-refractivity contribution in [2.45, 2.75) is 42.6 Å². The summed E-state index contributed by atoms with van der Waals surface area (Å²) in [4.78, 5) is 3.58. The van der Waals surface area contributed by atoms with E-state index in [1.165, 1.54) is 11.8 Å². The standard InChI is InChI=1S/C11H11F3N4OS2/c12-11(13,14)7-4-20-9(15-7)5-21-10-17-16-8(3-19)18(10)6-1-2-6/h4,6,19H,1-3,5H2. The number of thioether (sulfide) groups is 1. The first-order valence-electron chi connectivity index (χ1n) is 6.18. The summed E-state index contributed by atoms with van der Waals surface area (Å²) in [7, 11) is 0. The highest BCUT2D eigenvalue weighted by Gasteiger charge is 2.34. The fraction of sp³-hybridized carbons (Fsp3) is 0.545. The molecule has 0 radical (unpaired) electrons. The highest BCUT2D eigenvalue weighted by atomic mass is 32.2. The molecule has 5 nitrogen and oxygen atoms in total. The van der Waals surface area contributed by atoms with Crippen molar-refractivity contribution in [2.24, 2.45) is 0 Å². The van der Waals surface area contributed by atoms with Crippen molar-refractivity contribution in [1.82, 2.24) is 19.7 Å². The van der Waals surface area contributed by atoms with Crippen LogP contribution in [-0.4, -0.2) is 24.9 Å². The van der Waals surface area contributed by atoms with Crippen LogP contribution in [0.4, 0.5) is 13.2 Å². The van der Waals surface area contributed by atoms with Crippen LogP contribution >= 0.6 is 23.1 Å². The fourth-order valence-electron chi connectivity index (χ4n) is 1.85. The molecular weight excluding hydrogens is 325 g/mol. The Morgan fingerprint density at radius 1 is 1.38 bits per heavy atom. The van der Waals surface area contributed by atoms with Crippen molar-refractivity contribution in [2.75, 3.05) is 0 Å². The van der Waals surface area contributed by atoms with Gasteiger partial charge in [-0.3, -0.25) is 0 Å². The molecule has 2 aromatic rings. The summed E-state index contributed by atoms with van der Waals surface area (Å²) >= 11 is 2.27. The second-order valence-corrected chi connectivity index (χ2v) is 6.46. The first-order chi connectivity index (χ1) is 9.99. The predicted octanol–water partition coefficient (Wildman–Crippen LogP) is 2.87. The number of hydrogen-bond acceptors (Lipinski definition) is 6. The van der Waals surface area contributed by atoms with Crippen LogP contribution in [0.5, 0.6) is 0 Å². The van der Waals surface area contributed by atoms with Gasteiger partial charge in [-0.2, -0.15) is 13.2 Å². The number of nitrogens with zero attached hydrogens (tertiary/aromatic N) is 4. The zero-order valence-electron chi connectivity index (χ0n) is 10.7. The van der Waals surface area contributed by atoms with Crippen LogP contribution in [0.3, 0.4) is 0 Å². The summed E-state index contributed by atoms with van der Waals surface area (Å²) < 4.78 is 39.3. The zero-order chi connectivity index (χ0) is 15.0. The molecule has 114 valence electrons. The van der Waals surface area contributed by atoms with Crippen LogP contribution in [0.25, 0.3) is 0 Å². The Bertz CT molecular complexity index is 636. The van der Waals surface area contributed by atoms with E-state index in [9.17, 15) is 18.3 Å². The predicted molar refractivity (Wildman–Crippen MR) is 70.9 cm³/mol. The van der Waals surface area contributed by atoms with Gasteiger partial charge in [0.05, 0.1) is 5.75 Å². The molecule has 0 unspecified atom stereocenters. The number of thiazole rings is 1. The van der Waals surface area contributed by atoms with E-state index >= 15 is 0 Å². The second-order valence-electron chi connectivity index (χ2n) is 4.57. The lowest BCUT2D eigenvalue weighted by molar-refractivity contribution is -0.140. The molecule has 1 saturated carbocycles. The largest absolute Gasteiger partial charge is 0.434 e. The third-order valence-corrected chi connectivity index (χ3v) is 4.94. The summed E-state index contributed by atoms with van der Waals surface area (Å²) in [5.74, 6) is 0.798. The molecule has 21 heavy (non-hydrogen) atoms. The molecule has 2 heterocycles. The normalized spacial score (nSPS) is 15.6. The summed E-state index contributed by atoms with van der Waals surface area (Å²) in [6.45, 7) is -0.195. The minimum Gasteiger partial charge on any atom is -0.388 e. The second kappa shape index (κ2) is 5.58. The van der Waals surface area contributed by atoms with E-state index in [0.717, 1.165) is 29.6 Å². The first-order valence-corrected chi connectivity index (χ1v) is 8.04. The van der Waals surface area contributed by atoms with E-state index in [2.05, 4.69) is 15.2 Å². The van der Waals surface area contributed by atoms with E-state index in [0.29, 0.717) is 27.8 Å². The number of hydrogen-bond donors (Lipinski definition) is 1. The molecule has 0 aliphatic heterocycles. The minimum absolute atomic E-state index is 0.195. The number of alkyl halides is 3. The van der Waals surface area contributed by atoms with Gasteiger partial charge in [-0.25, -0.2) is 4.98 Å². The highest BCUT2D eigenvalue weighted by Crippen LogP contribution is 2.39. The van der Waals surface area contributed by atoms with Gasteiger partial charge in [-0.1, -0.05) is 11.8 Å². The smallest absolute Gasteiger partial charge is 0.388 e. The first kappa shape index (κ1) is 14.8. The van der Waals surface area contributed by atoms with E-state index in [1.807, 2.05) is 4.57 Å². The third kappa shape index (κ3) is 3.22. The number of aliphatic hydroxyl groups excluding tert-OH is 1. The zero-order valence-corrected chi connectivity index (χ0v) is 12.3. The summed E-state index contributed by atoms with van der Waals surface area (Å²) in [5.41, 5.74) is -0.859. The molecule has 1 fully saturated rings. The van der Waals surface area contributed by atoms with Crippen molar-refractivity contribution in [1.29, 1.82) is 0 Å². The quantitative estimate of drug-likeness (QED) is 0.851. The Labute approximate surface area is 126 Å². The van der Waals surface area contributed by atoms with Gasteiger partial charge >= 0.3 is 6.18 Å². The summed E-state index contributed by atoms with van der Waals surface area (Å²) in [5, 5.41) is 19.1. The van der Waals surface area contributed by atoms with Crippen LogP contribution in [0.15, 0.2) is 10.5 Å². The monoisotopic (exact) mass is 336 g/mol. The maximum atomic E-state index is 12.5. The number of rotatable bonds is 5. The van der Waals surface area contributed by atoms with Crippen molar-refractivity contribution in [3.63, 3.8) is 0 Å².